The third kappa shape index (κ3) is 7.47. The van der Waals surface area contributed by atoms with Crippen LogP contribution in [-0.2, 0) is 29.0 Å². The van der Waals surface area contributed by atoms with Crippen molar-refractivity contribution in [2.24, 2.45) is 5.10 Å². The van der Waals surface area contributed by atoms with Crippen molar-refractivity contribution in [2.75, 3.05) is 11.9 Å². The molecule has 0 spiro atoms. The van der Waals surface area contributed by atoms with E-state index in [9.17, 15) is 9.59 Å². The second-order valence-corrected chi connectivity index (χ2v) is 8.75. The first-order valence-electron chi connectivity index (χ1n) is 12.0. The Labute approximate surface area is 226 Å². The fraction of sp³-hybridized carbons (Fsp3) is 0.250. The molecular formula is C28H29Cl2N3O4. The lowest BCUT2D eigenvalue weighted by Crippen LogP contribution is -2.33. The zero-order valence-corrected chi connectivity index (χ0v) is 22.4. The van der Waals surface area contributed by atoms with Gasteiger partial charge in [0.2, 0.25) is 0 Å². The summed E-state index contributed by atoms with van der Waals surface area (Å²) in [5.74, 6) is -0.669. The highest BCUT2D eigenvalue weighted by molar-refractivity contribution is 6.39. The molecule has 3 aromatic carbocycles. The number of rotatable bonds is 10. The predicted molar refractivity (Wildman–Crippen MR) is 148 cm³/mol. The van der Waals surface area contributed by atoms with E-state index in [1.165, 1.54) is 6.21 Å². The maximum atomic E-state index is 12.5. The molecule has 0 unspecified atom stereocenters. The largest absolute Gasteiger partial charge is 0.490 e. The summed E-state index contributed by atoms with van der Waals surface area (Å²) in [6, 6.07) is 16.2. The maximum absolute atomic E-state index is 12.5. The molecule has 2 amide bonds. The van der Waals surface area contributed by atoms with E-state index in [2.05, 4.69) is 15.8 Å². The molecule has 0 aromatic heterocycles. The molecule has 0 atom stereocenters. The van der Waals surface area contributed by atoms with Gasteiger partial charge in [-0.05, 0) is 66.8 Å². The fourth-order valence-corrected chi connectivity index (χ4v) is 4.11. The van der Waals surface area contributed by atoms with E-state index in [1.807, 2.05) is 39.0 Å². The SMILES string of the molecule is CCOc1cc(/C=N\NC(=O)C(=O)Nc2c(CC)cccc2CC)ccc1OCc1c(Cl)cccc1Cl. The van der Waals surface area contributed by atoms with E-state index in [-0.39, 0.29) is 6.61 Å². The monoisotopic (exact) mass is 541 g/mol. The molecule has 194 valence electrons. The zero-order chi connectivity index (χ0) is 26.8. The molecule has 9 heteroatoms. The molecule has 0 aliphatic heterocycles. The third-order valence-corrected chi connectivity index (χ3v) is 6.23. The van der Waals surface area contributed by atoms with Gasteiger partial charge in [-0.1, -0.05) is 61.3 Å². The van der Waals surface area contributed by atoms with E-state index in [4.69, 9.17) is 32.7 Å². The minimum Gasteiger partial charge on any atom is -0.490 e. The smallest absolute Gasteiger partial charge is 0.329 e. The molecule has 0 saturated carbocycles. The van der Waals surface area contributed by atoms with Crippen LogP contribution >= 0.6 is 23.2 Å². The van der Waals surface area contributed by atoms with Gasteiger partial charge in [0.15, 0.2) is 11.5 Å². The van der Waals surface area contributed by atoms with Crippen LogP contribution in [0.1, 0.15) is 43.0 Å². The number of hydrogen-bond donors (Lipinski definition) is 2. The van der Waals surface area contributed by atoms with Crippen LogP contribution in [0.5, 0.6) is 11.5 Å². The number of hydrogen-bond acceptors (Lipinski definition) is 5. The van der Waals surface area contributed by atoms with Crippen molar-refractivity contribution in [3.63, 3.8) is 0 Å². The van der Waals surface area contributed by atoms with Crippen LogP contribution in [-0.4, -0.2) is 24.6 Å². The Morgan fingerprint density at radius 3 is 2.14 bits per heavy atom. The molecular weight excluding hydrogens is 513 g/mol. The summed E-state index contributed by atoms with van der Waals surface area (Å²) >= 11 is 12.5. The molecule has 3 aromatic rings. The third-order valence-electron chi connectivity index (χ3n) is 5.52. The lowest BCUT2D eigenvalue weighted by atomic mass is 10.0. The maximum Gasteiger partial charge on any atom is 0.329 e. The summed E-state index contributed by atoms with van der Waals surface area (Å²) in [6.45, 7) is 6.42. The summed E-state index contributed by atoms with van der Waals surface area (Å²) in [7, 11) is 0. The standard InChI is InChI=1S/C28H29Cl2N3O4/c1-4-19-9-7-10-20(5-2)26(19)32-27(34)28(35)33-31-16-18-13-14-24(25(15-18)36-6-3)37-17-21-22(29)11-8-12-23(21)30/h7-16H,4-6,17H2,1-3H3,(H,32,34)(H,33,35)/b31-16-. The van der Waals surface area contributed by atoms with Gasteiger partial charge in [-0.25, -0.2) is 5.43 Å². The van der Waals surface area contributed by atoms with E-state index in [1.54, 1.807) is 36.4 Å². The second kappa shape index (κ2) is 13.7. The van der Waals surface area contributed by atoms with Crippen LogP contribution in [0, 0.1) is 0 Å². The van der Waals surface area contributed by atoms with Gasteiger partial charge in [-0.3, -0.25) is 9.59 Å². The van der Waals surface area contributed by atoms with Crippen molar-refractivity contribution >= 4 is 46.9 Å². The minimum atomic E-state index is -0.870. The van der Waals surface area contributed by atoms with Crippen LogP contribution in [0.25, 0.3) is 0 Å². The molecule has 2 N–H and O–H groups in total. The van der Waals surface area contributed by atoms with Crippen LogP contribution < -0.4 is 20.2 Å². The summed E-state index contributed by atoms with van der Waals surface area (Å²) in [6.07, 6.45) is 2.88. The van der Waals surface area contributed by atoms with Gasteiger partial charge in [0.05, 0.1) is 12.8 Å². The Hall–Kier alpha value is -3.55. The molecule has 3 rings (SSSR count). The summed E-state index contributed by atoms with van der Waals surface area (Å²) in [5.41, 5.74) is 6.18. The molecule has 7 nitrogen and oxygen atoms in total. The minimum absolute atomic E-state index is 0.165. The lowest BCUT2D eigenvalue weighted by Gasteiger charge is -2.14. The molecule has 0 aliphatic rings. The Morgan fingerprint density at radius 2 is 1.51 bits per heavy atom. The Morgan fingerprint density at radius 1 is 0.865 bits per heavy atom. The molecule has 0 saturated heterocycles. The highest BCUT2D eigenvalue weighted by Gasteiger charge is 2.16. The zero-order valence-electron chi connectivity index (χ0n) is 20.9. The average Bonchev–Trinajstić information content (AvgIpc) is 2.89. The first-order valence-corrected chi connectivity index (χ1v) is 12.7. The van der Waals surface area contributed by atoms with Gasteiger partial charge < -0.3 is 14.8 Å². The van der Waals surface area contributed by atoms with E-state index in [0.717, 1.165) is 24.0 Å². The summed E-state index contributed by atoms with van der Waals surface area (Å²) < 4.78 is 11.6. The molecule has 0 heterocycles. The number of nitrogens with one attached hydrogen (secondary N) is 2. The molecule has 37 heavy (non-hydrogen) atoms. The number of halogens is 2. The van der Waals surface area contributed by atoms with Gasteiger partial charge in [0, 0.05) is 21.3 Å². The van der Waals surface area contributed by atoms with Gasteiger partial charge in [-0.15, -0.1) is 0 Å². The highest BCUT2D eigenvalue weighted by atomic mass is 35.5. The average molecular weight is 542 g/mol. The van der Waals surface area contributed by atoms with E-state index < -0.39 is 11.8 Å². The lowest BCUT2D eigenvalue weighted by molar-refractivity contribution is -0.136. The van der Waals surface area contributed by atoms with Crippen molar-refractivity contribution in [1.82, 2.24) is 5.43 Å². The number of anilines is 1. The number of carbonyl (C=O) groups excluding carboxylic acids is 2. The second-order valence-electron chi connectivity index (χ2n) is 7.94. The Balaban J connectivity index is 1.65. The number of ether oxygens (including phenoxy) is 2. The van der Waals surface area contributed by atoms with E-state index >= 15 is 0 Å². The highest BCUT2D eigenvalue weighted by Crippen LogP contribution is 2.31. The number of para-hydroxylation sites is 1. The van der Waals surface area contributed by atoms with Crippen molar-refractivity contribution in [3.05, 3.63) is 86.9 Å². The molecule has 0 radical (unpaired) electrons. The molecule has 0 bridgehead atoms. The first kappa shape index (κ1) is 28.0. The van der Waals surface area contributed by atoms with Gasteiger partial charge in [0.1, 0.15) is 6.61 Å². The van der Waals surface area contributed by atoms with Crippen LogP contribution in [0.4, 0.5) is 5.69 Å². The van der Waals surface area contributed by atoms with Crippen LogP contribution in [0.3, 0.4) is 0 Å². The number of carbonyl (C=O) groups is 2. The van der Waals surface area contributed by atoms with Gasteiger partial charge >= 0.3 is 11.8 Å². The first-order chi connectivity index (χ1) is 17.9. The van der Waals surface area contributed by atoms with Crippen molar-refractivity contribution in [1.29, 1.82) is 0 Å². The normalized spacial score (nSPS) is 10.8. The van der Waals surface area contributed by atoms with Gasteiger partial charge in [-0.2, -0.15) is 5.10 Å². The van der Waals surface area contributed by atoms with E-state index in [0.29, 0.717) is 45.0 Å². The van der Waals surface area contributed by atoms with Gasteiger partial charge in [0.25, 0.3) is 0 Å². The van der Waals surface area contributed by atoms with Crippen molar-refractivity contribution < 1.29 is 19.1 Å². The number of aryl methyl sites for hydroxylation is 2. The number of amides is 2. The molecule has 0 aliphatic carbocycles. The Bertz CT molecular complexity index is 1250. The predicted octanol–water partition coefficient (Wildman–Crippen LogP) is 6.18. The molecule has 0 fully saturated rings. The van der Waals surface area contributed by atoms with Crippen LogP contribution in [0.15, 0.2) is 59.7 Å². The van der Waals surface area contributed by atoms with Crippen LogP contribution in [0.2, 0.25) is 10.0 Å². The van der Waals surface area contributed by atoms with Crippen molar-refractivity contribution in [2.45, 2.75) is 40.2 Å². The summed E-state index contributed by atoms with van der Waals surface area (Å²) in [5, 5.41) is 7.66. The Kier molecular flexibility index (Phi) is 10.4. The number of benzene rings is 3. The number of nitrogens with zero attached hydrogens (tertiary/aromatic N) is 1. The number of hydrazone groups is 1. The summed E-state index contributed by atoms with van der Waals surface area (Å²) in [4.78, 5) is 24.8. The van der Waals surface area contributed by atoms with Crippen molar-refractivity contribution in [3.8, 4) is 11.5 Å². The quantitative estimate of drug-likeness (QED) is 0.182. The topological polar surface area (TPSA) is 89.0 Å². The fourth-order valence-electron chi connectivity index (χ4n) is 3.60.